The first-order chi connectivity index (χ1) is 14.7. The highest BCUT2D eigenvalue weighted by Crippen LogP contribution is 2.18. The molecule has 3 rings (SSSR count). The summed E-state index contributed by atoms with van der Waals surface area (Å²) in [6.45, 7) is 2.25. The van der Waals surface area contributed by atoms with E-state index in [0.717, 1.165) is 54.8 Å². The van der Waals surface area contributed by atoms with E-state index in [1.807, 2.05) is 18.5 Å². The Balaban J connectivity index is 1.35. The van der Waals surface area contributed by atoms with E-state index in [2.05, 4.69) is 76.8 Å². The van der Waals surface area contributed by atoms with Crippen LogP contribution in [0.15, 0.2) is 64.6 Å². The zero-order valence-corrected chi connectivity index (χ0v) is 18.5. The number of H-pyrrole nitrogens is 1. The van der Waals surface area contributed by atoms with Crippen LogP contribution < -0.4 is 16.4 Å². The standard InChI is InChI=1S/C22H28BrN7/c23-19-8-6-17(7-9-19)14-18-4-1-10-26-21(18)27-12-3-13-29-22(24)28-11-2-5-20-15-25-16-30-20/h1,4,6-10,15-16H,2-3,5,11-14H2,(H,25,30)(H,26,27)(H3,24,28,29). The Hall–Kier alpha value is -2.87. The van der Waals surface area contributed by atoms with E-state index < -0.39 is 0 Å². The van der Waals surface area contributed by atoms with Crippen LogP contribution in [0.1, 0.15) is 29.7 Å². The third-order valence-corrected chi connectivity index (χ3v) is 5.12. The molecular weight excluding hydrogens is 442 g/mol. The summed E-state index contributed by atoms with van der Waals surface area (Å²) in [5.41, 5.74) is 9.50. The summed E-state index contributed by atoms with van der Waals surface area (Å²) >= 11 is 3.48. The van der Waals surface area contributed by atoms with Gasteiger partial charge in [-0.3, -0.25) is 4.99 Å². The molecule has 7 nitrogen and oxygen atoms in total. The first-order valence-electron chi connectivity index (χ1n) is 10.1. The number of aromatic nitrogens is 3. The van der Waals surface area contributed by atoms with E-state index in [1.54, 1.807) is 6.33 Å². The number of aromatic amines is 1. The van der Waals surface area contributed by atoms with Crippen molar-refractivity contribution in [3.63, 3.8) is 0 Å². The Morgan fingerprint density at radius 1 is 1.13 bits per heavy atom. The van der Waals surface area contributed by atoms with Gasteiger partial charge >= 0.3 is 0 Å². The lowest BCUT2D eigenvalue weighted by Crippen LogP contribution is -2.32. The monoisotopic (exact) mass is 469 g/mol. The molecule has 5 N–H and O–H groups in total. The number of imidazole rings is 1. The number of hydrogen-bond acceptors (Lipinski definition) is 4. The molecule has 0 amide bonds. The molecule has 158 valence electrons. The second-order valence-corrected chi connectivity index (χ2v) is 7.88. The average molecular weight is 470 g/mol. The fourth-order valence-electron chi connectivity index (χ4n) is 3.02. The number of halogens is 1. The highest BCUT2D eigenvalue weighted by atomic mass is 79.9. The number of aliphatic imine (C=N–C) groups is 1. The van der Waals surface area contributed by atoms with Crippen molar-refractivity contribution in [2.24, 2.45) is 10.7 Å². The normalized spacial score (nSPS) is 11.4. The molecule has 0 unspecified atom stereocenters. The molecule has 0 fully saturated rings. The molecule has 0 aliphatic heterocycles. The van der Waals surface area contributed by atoms with Crippen LogP contribution in [0.5, 0.6) is 0 Å². The number of anilines is 1. The fourth-order valence-corrected chi connectivity index (χ4v) is 3.28. The quantitative estimate of drug-likeness (QED) is 0.195. The predicted molar refractivity (Wildman–Crippen MR) is 126 cm³/mol. The molecule has 0 aliphatic rings. The SMILES string of the molecule is NC(=NCCCNc1ncccc1Cc1ccc(Br)cc1)NCCCc1cnc[nH]1. The third kappa shape index (κ3) is 7.51. The molecule has 2 heterocycles. The highest BCUT2D eigenvalue weighted by molar-refractivity contribution is 9.10. The molecule has 0 spiro atoms. The first kappa shape index (κ1) is 21.8. The summed E-state index contributed by atoms with van der Waals surface area (Å²) in [4.78, 5) is 16.0. The number of aryl methyl sites for hydroxylation is 1. The average Bonchev–Trinajstić information content (AvgIpc) is 3.27. The molecule has 8 heteroatoms. The molecule has 2 aromatic heterocycles. The molecule has 0 saturated heterocycles. The summed E-state index contributed by atoms with van der Waals surface area (Å²) in [6, 6.07) is 12.5. The minimum Gasteiger partial charge on any atom is -0.370 e. The number of nitrogens with two attached hydrogens (primary N) is 1. The van der Waals surface area contributed by atoms with Crippen molar-refractivity contribution in [1.29, 1.82) is 0 Å². The van der Waals surface area contributed by atoms with Crippen molar-refractivity contribution in [2.45, 2.75) is 25.7 Å². The highest BCUT2D eigenvalue weighted by Gasteiger charge is 2.04. The van der Waals surface area contributed by atoms with Crippen LogP contribution in [0.25, 0.3) is 0 Å². The van der Waals surface area contributed by atoms with Gasteiger partial charge in [0.25, 0.3) is 0 Å². The Kier molecular flexibility index (Phi) is 8.71. The van der Waals surface area contributed by atoms with Crippen LogP contribution in [-0.2, 0) is 12.8 Å². The van der Waals surface area contributed by atoms with E-state index in [0.29, 0.717) is 12.5 Å². The van der Waals surface area contributed by atoms with Crippen LogP contribution in [-0.4, -0.2) is 40.5 Å². The Morgan fingerprint density at radius 2 is 2.00 bits per heavy atom. The van der Waals surface area contributed by atoms with Crippen LogP contribution in [0.2, 0.25) is 0 Å². The second-order valence-electron chi connectivity index (χ2n) is 6.97. The van der Waals surface area contributed by atoms with Crippen molar-refractivity contribution >= 4 is 27.7 Å². The van der Waals surface area contributed by atoms with E-state index in [9.17, 15) is 0 Å². The van der Waals surface area contributed by atoms with Crippen molar-refractivity contribution in [3.05, 3.63) is 76.4 Å². The van der Waals surface area contributed by atoms with Crippen LogP contribution >= 0.6 is 15.9 Å². The number of pyridine rings is 1. The number of nitrogens with one attached hydrogen (secondary N) is 3. The maximum absolute atomic E-state index is 5.93. The Labute approximate surface area is 185 Å². The largest absolute Gasteiger partial charge is 0.370 e. The molecule has 0 atom stereocenters. The minimum atomic E-state index is 0.494. The van der Waals surface area contributed by atoms with Crippen molar-refractivity contribution < 1.29 is 0 Å². The van der Waals surface area contributed by atoms with Crippen molar-refractivity contribution in [3.8, 4) is 0 Å². The predicted octanol–water partition coefficient (Wildman–Crippen LogP) is 3.50. The van der Waals surface area contributed by atoms with E-state index in [-0.39, 0.29) is 0 Å². The Morgan fingerprint density at radius 3 is 2.80 bits per heavy atom. The lowest BCUT2D eigenvalue weighted by atomic mass is 10.1. The third-order valence-electron chi connectivity index (χ3n) is 4.59. The van der Waals surface area contributed by atoms with Gasteiger partial charge in [0.05, 0.1) is 6.33 Å². The molecule has 0 radical (unpaired) electrons. The van der Waals surface area contributed by atoms with Crippen molar-refractivity contribution in [2.75, 3.05) is 25.0 Å². The van der Waals surface area contributed by atoms with Crippen LogP contribution in [0.4, 0.5) is 5.82 Å². The van der Waals surface area contributed by atoms with Gasteiger partial charge in [-0.25, -0.2) is 9.97 Å². The van der Waals surface area contributed by atoms with Gasteiger partial charge in [0.1, 0.15) is 5.82 Å². The summed E-state index contributed by atoms with van der Waals surface area (Å²) < 4.78 is 1.09. The van der Waals surface area contributed by atoms with Gasteiger partial charge < -0.3 is 21.4 Å². The molecule has 0 saturated carbocycles. The maximum Gasteiger partial charge on any atom is 0.188 e. The number of hydrogen-bond donors (Lipinski definition) is 4. The molecule has 30 heavy (non-hydrogen) atoms. The molecule has 0 aliphatic carbocycles. The van der Waals surface area contributed by atoms with E-state index >= 15 is 0 Å². The Bertz CT molecular complexity index is 908. The second kappa shape index (κ2) is 12.0. The summed E-state index contributed by atoms with van der Waals surface area (Å²) in [6.07, 6.45) is 8.99. The van der Waals surface area contributed by atoms with Crippen LogP contribution in [0, 0.1) is 0 Å². The van der Waals surface area contributed by atoms with Gasteiger partial charge in [-0.2, -0.15) is 0 Å². The summed E-state index contributed by atoms with van der Waals surface area (Å²) in [5, 5.41) is 6.58. The molecule has 3 aromatic rings. The smallest absolute Gasteiger partial charge is 0.188 e. The molecule has 1 aromatic carbocycles. The van der Waals surface area contributed by atoms with E-state index in [1.165, 1.54) is 11.1 Å². The zero-order chi connectivity index (χ0) is 21.0. The number of nitrogens with zero attached hydrogens (tertiary/aromatic N) is 3. The summed E-state index contributed by atoms with van der Waals surface area (Å²) in [7, 11) is 0. The zero-order valence-electron chi connectivity index (χ0n) is 16.9. The van der Waals surface area contributed by atoms with Gasteiger partial charge in [0, 0.05) is 48.6 Å². The van der Waals surface area contributed by atoms with Gasteiger partial charge in [0.15, 0.2) is 5.96 Å². The lowest BCUT2D eigenvalue weighted by Gasteiger charge is -2.11. The summed E-state index contributed by atoms with van der Waals surface area (Å²) in [5.74, 6) is 1.42. The van der Waals surface area contributed by atoms with Gasteiger partial charge in [-0.15, -0.1) is 0 Å². The molecular formula is C22H28BrN7. The van der Waals surface area contributed by atoms with E-state index in [4.69, 9.17) is 5.73 Å². The van der Waals surface area contributed by atoms with Gasteiger partial charge in [0.2, 0.25) is 0 Å². The van der Waals surface area contributed by atoms with Gasteiger partial charge in [-0.05, 0) is 48.6 Å². The first-order valence-corrected chi connectivity index (χ1v) is 10.9. The van der Waals surface area contributed by atoms with Gasteiger partial charge in [-0.1, -0.05) is 34.1 Å². The number of benzene rings is 1. The number of rotatable bonds is 11. The lowest BCUT2D eigenvalue weighted by molar-refractivity contribution is 0.753. The molecule has 0 bridgehead atoms. The number of guanidine groups is 1. The van der Waals surface area contributed by atoms with Crippen molar-refractivity contribution in [1.82, 2.24) is 20.3 Å². The maximum atomic E-state index is 5.93. The minimum absolute atomic E-state index is 0.494. The van der Waals surface area contributed by atoms with Crippen LogP contribution in [0.3, 0.4) is 0 Å². The fraction of sp³-hybridized carbons (Fsp3) is 0.318. The topological polar surface area (TPSA) is 104 Å².